The average Bonchev–Trinajstić information content (AvgIpc) is 2.87. The lowest BCUT2D eigenvalue weighted by Gasteiger charge is -2.25. The third-order valence-corrected chi connectivity index (χ3v) is 3.81. The zero-order valence-corrected chi connectivity index (χ0v) is 11.0. The van der Waals surface area contributed by atoms with Crippen LogP contribution in [0.2, 0.25) is 0 Å². The summed E-state index contributed by atoms with van der Waals surface area (Å²) in [4.78, 5) is 12.8. The van der Waals surface area contributed by atoms with Gasteiger partial charge in [-0.15, -0.1) is 0 Å². The quantitative estimate of drug-likeness (QED) is 0.928. The third kappa shape index (κ3) is 3.12. The van der Waals surface area contributed by atoms with Gasteiger partial charge in [0.15, 0.2) is 0 Å². The van der Waals surface area contributed by atoms with Crippen LogP contribution in [-0.4, -0.2) is 29.1 Å². The monoisotopic (exact) mass is 287 g/mol. The Bertz CT molecular complexity index is 501. The fourth-order valence-corrected chi connectivity index (χ4v) is 2.53. The Kier molecular flexibility index (Phi) is 4.04. The maximum atomic E-state index is 12.7. The topological polar surface area (TPSA) is 40.5 Å². The Hall–Kier alpha value is -1.56. The number of halogens is 3. The highest BCUT2D eigenvalue weighted by Gasteiger charge is 2.33. The zero-order valence-electron chi connectivity index (χ0n) is 11.0. The van der Waals surface area contributed by atoms with E-state index in [0.717, 1.165) is 12.1 Å². The molecule has 1 aromatic carbocycles. The molecule has 0 aliphatic carbocycles. The highest BCUT2D eigenvalue weighted by atomic mass is 19.4. The normalized spacial score (nSPS) is 21.9. The van der Waals surface area contributed by atoms with Crippen molar-refractivity contribution >= 4 is 5.97 Å². The second-order valence-corrected chi connectivity index (χ2v) is 5.12. The fraction of sp³-hybridized carbons (Fsp3) is 0.500. The number of carbonyl (C=O) groups is 1. The Morgan fingerprint density at radius 2 is 2.15 bits per heavy atom. The maximum absolute atomic E-state index is 12.7. The maximum Gasteiger partial charge on any atom is 0.416 e. The van der Waals surface area contributed by atoms with Crippen LogP contribution in [0.5, 0.6) is 0 Å². The van der Waals surface area contributed by atoms with Gasteiger partial charge < -0.3 is 5.11 Å². The number of benzene rings is 1. The highest BCUT2D eigenvalue weighted by Crippen LogP contribution is 2.33. The number of likely N-dealkylation sites (tertiary alicyclic amines) is 1. The van der Waals surface area contributed by atoms with E-state index in [9.17, 15) is 18.0 Å². The lowest BCUT2D eigenvalue weighted by atomic mass is 10.0. The van der Waals surface area contributed by atoms with Gasteiger partial charge in [0.25, 0.3) is 0 Å². The van der Waals surface area contributed by atoms with Gasteiger partial charge in [0.05, 0.1) is 11.5 Å². The third-order valence-electron chi connectivity index (χ3n) is 3.81. The first-order valence-corrected chi connectivity index (χ1v) is 6.43. The number of hydrogen-bond acceptors (Lipinski definition) is 2. The van der Waals surface area contributed by atoms with Crippen LogP contribution >= 0.6 is 0 Å². The lowest BCUT2D eigenvalue weighted by molar-refractivity contribution is -0.141. The highest BCUT2D eigenvalue weighted by molar-refractivity contribution is 5.70. The molecule has 1 N–H and O–H groups in total. The molecule has 0 saturated carbocycles. The van der Waals surface area contributed by atoms with Crippen molar-refractivity contribution in [1.82, 2.24) is 4.90 Å². The van der Waals surface area contributed by atoms with E-state index in [1.807, 2.05) is 4.90 Å². The molecular weight excluding hydrogens is 271 g/mol. The Labute approximate surface area is 115 Å². The summed E-state index contributed by atoms with van der Waals surface area (Å²) >= 11 is 0. The summed E-state index contributed by atoms with van der Waals surface area (Å²) in [5.74, 6) is -1.27. The Morgan fingerprint density at radius 1 is 1.45 bits per heavy atom. The van der Waals surface area contributed by atoms with Crippen molar-refractivity contribution in [1.29, 1.82) is 0 Å². The van der Waals surface area contributed by atoms with E-state index in [1.165, 1.54) is 6.07 Å². The molecule has 1 heterocycles. The van der Waals surface area contributed by atoms with Gasteiger partial charge in [-0.3, -0.25) is 9.69 Å². The Morgan fingerprint density at radius 3 is 2.70 bits per heavy atom. The van der Waals surface area contributed by atoms with Crippen LogP contribution in [0.4, 0.5) is 13.2 Å². The van der Waals surface area contributed by atoms with E-state index in [-0.39, 0.29) is 6.04 Å². The molecule has 3 nitrogen and oxygen atoms in total. The van der Waals surface area contributed by atoms with Crippen molar-refractivity contribution in [3.63, 3.8) is 0 Å². The van der Waals surface area contributed by atoms with Gasteiger partial charge in [-0.05, 0) is 37.6 Å². The van der Waals surface area contributed by atoms with E-state index < -0.39 is 23.6 Å². The van der Waals surface area contributed by atoms with Crippen molar-refractivity contribution in [2.24, 2.45) is 5.92 Å². The number of aliphatic carboxylic acids is 1. The first-order valence-electron chi connectivity index (χ1n) is 6.43. The molecule has 0 radical (unpaired) electrons. The molecule has 2 atom stereocenters. The van der Waals surface area contributed by atoms with Gasteiger partial charge >= 0.3 is 12.1 Å². The van der Waals surface area contributed by atoms with Gasteiger partial charge in [0.2, 0.25) is 0 Å². The zero-order chi connectivity index (χ0) is 14.9. The summed E-state index contributed by atoms with van der Waals surface area (Å²) in [5, 5.41) is 8.96. The lowest BCUT2D eigenvalue weighted by Crippen LogP contribution is -2.26. The number of carboxylic acids is 1. The van der Waals surface area contributed by atoms with Gasteiger partial charge in [-0.1, -0.05) is 12.1 Å². The Balaban J connectivity index is 2.14. The number of hydrogen-bond donors (Lipinski definition) is 1. The molecule has 20 heavy (non-hydrogen) atoms. The van der Waals surface area contributed by atoms with Crippen LogP contribution in [0.25, 0.3) is 0 Å². The minimum Gasteiger partial charge on any atom is -0.481 e. The van der Waals surface area contributed by atoms with E-state index in [0.29, 0.717) is 25.1 Å². The second kappa shape index (κ2) is 5.44. The number of rotatable bonds is 3. The van der Waals surface area contributed by atoms with E-state index >= 15 is 0 Å². The predicted molar refractivity (Wildman–Crippen MR) is 67.2 cm³/mol. The van der Waals surface area contributed by atoms with Crippen molar-refractivity contribution in [2.75, 3.05) is 13.1 Å². The van der Waals surface area contributed by atoms with Gasteiger partial charge in [0.1, 0.15) is 0 Å². The summed E-state index contributed by atoms with van der Waals surface area (Å²) in [6, 6.07) is 4.99. The van der Waals surface area contributed by atoms with Gasteiger partial charge in [-0.25, -0.2) is 0 Å². The predicted octanol–water partition coefficient (Wildman–Crippen LogP) is 3.17. The largest absolute Gasteiger partial charge is 0.481 e. The summed E-state index contributed by atoms with van der Waals surface area (Å²) < 4.78 is 38.1. The molecule has 1 aliphatic heterocycles. The molecule has 0 bridgehead atoms. The van der Waals surface area contributed by atoms with Crippen LogP contribution in [0.15, 0.2) is 24.3 Å². The standard InChI is InChI=1S/C14H16F3NO2/c1-9(18-6-5-11(8-18)13(19)20)10-3-2-4-12(7-10)14(15,16)17/h2-4,7,9,11H,5-6,8H2,1H3,(H,19,20). The molecule has 2 unspecified atom stereocenters. The molecule has 1 aliphatic rings. The SMILES string of the molecule is CC(c1cccc(C(F)(F)F)c1)N1CCC(C(=O)O)C1. The molecule has 1 fully saturated rings. The molecular formula is C14H16F3NO2. The molecule has 2 rings (SSSR count). The average molecular weight is 287 g/mol. The summed E-state index contributed by atoms with van der Waals surface area (Å²) in [6.07, 6.45) is -3.82. The smallest absolute Gasteiger partial charge is 0.416 e. The minimum atomic E-state index is -4.36. The first-order chi connectivity index (χ1) is 9.29. The van der Waals surface area contributed by atoms with E-state index in [2.05, 4.69) is 0 Å². The van der Waals surface area contributed by atoms with Crippen molar-refractivity contribution in [2.45, 2.75) is 25.6 Å². The minimum absolute atomic E-state index is 0.221. The molecule has 0 spiro atoms. The molecule has 6 heteroatoms. The summed E-state index contributed by atoms with van der Waals surface area (Å²) in [6.45, 7) is 2.78. The van der Waals surface area contributed by atoms with Crippen LogP contribution in [0.1, 0.15) is 30.5 Å². The second-order valence-electron chi connectivity index (χ2n) is 5.12. The number of carboxylic acid groups (broad SMARTS) is 1. The van der Waals surface area contributed by atoms with Crippen LogP contribution < -0.4 is 0 Å². The van der Waals surface area contributed by atoms with Gasteiger partial charge in [0, 0.05) is 12.6 Å². The van der Waals surface area contributed by atoms with Crippen molar-refractivity contribution in [3.05, 3.63) is 35.4 Å². The summed E-state index contributed by atoms with van der Waals surface area (Å²) in [7, 11) is 0. The molecule has 0 amide bonds. The fourth-order valence-electron chi connectivity index (χ4n) is 2.53. The van der Waals surface area contributed by atoms with E-state index in [4.69, 9.17) is 5.11 Å². The van der Waals surface area contributed by atoms with Crippen LogP contribution in [-0.2, 0) is 11.0 Å². The number of alkyl halides is 3. The molecule has 1 aromatic rings. The molecule has 1 saturated heterocycles. The molecule has 0 aromatic heterocycles. The van der Waals surface area contributed by atoms with Crippen LogP contribution in [0.3, 0.4) is 0 Å². The summed E-state index contributed by atoms with van der Waals surface area (Å²) in [5.41, 5.74) is -0.110. The van der Waals surface area contributed by atoms with Gasteiger partial charge in [-0.2, -0.15) is 13.2 Å². The van der Waals surface area contributed by atoms with E-state index in [1.54, 1.807) is 13.0 Å². The first kappa shape index (κ1) is 14.8. The molecule has 110 valence electrons. The van der Waals surface area contributed by atoms with Crippen LogP contribution in [0, 0.1) is 5.92 Å². The van der Waals surface area contributed by atoms with Crippen molar-refractivity contribution < 1.29 is 23.1 Å². The van der Waals surface area contributed by atoms with Crippen molar-refractivity contribution in [3.8, 4) is 0 Å². The number of nitrogens with zero attached hydrogens (tertiary/aromatic N) is 1.